The molecule has 2 aromatic heterocycles. The highest BCUT2D eigenvalue weighted by atomic mass is 19.1. The number of halogens is 1. The Balaban J connectivity index is 1.48. The summed E-state index contributed by atoms with van der Waals surface area (Å²) in [5.41, 5.74) is 1.38. The minimum Gasteiger partial charge on any atom is -0.475 e. The van der Waals surface area contributed by atoms with E-state index in [0.717, 1.165) is 5.56 Å². The van der Waals surface area contributed by atoms with Crippen LogP contribution in [0.4, 0.5) is 4.39 Å². The minimum absolute atomic E-state index is 0.247. The maximum atomic E-state index is 12.9. The largest absolute Gasteiger partial charge is 0.475 e. The second kappa shape index (κ2) is 7.36. The number of furan rings is 1. The van der Waals surface area contributed by atoms with Crippen molar-refractivity contribution in [2.45, 2.75) is 0 Å². The molecule has 24 heavy (non-hydrogen) atoms. The third-order valence-corrected chi connectivity index (χ3v) is 3.16. The minimum atomic E-state index is -0.304. The maximum Gasteiger partial charge on any atom is 0.287 e. The van der Waals surface area contributed by atoms with Crippen molar-refractivity contribution in [3.8, 4) is 17.1 Å². The molecular weight excluding hydrogens is 313 g/mol. The van der Waals surface area contributed by atoms with Crippen LogP contribution in [0.1, 0.15) is 10.6 Å². The Morgan fingerprint density at radius 3 is 2.62 bits per heavy atom. The first-order valence-corrected chi connectivity index (χ1v) is 7.26. The molecule has 3 rings (SSSR count). The molecule has 0 saturated carbocycles. The molecule has 0 aliphatic rings. The van der Waals surface area contributed by atoms with E-state index >= 15 is 0 Å². The van der Waals surface area contributed by atoms with Gasteiger partial charge in [0, 0.05) is 11.6 Å². The lowest BCUT2D eigenvalue weighted by molar-refractivity contribution is 0.0919. The molecular formula is C17H14FN3O3. The van der Waals surface area contributed by atoms with Gasteiger partial charge in [-0.05, 0) is 42.5 Å². The van der Waals surface area contributed by atoms with Gasteiger partial charge in [-0.25, -0.2) is 4.39 Å². The Morgan fingerprint density at radius 1 is 1.12 bits per heavy atom. The summed E-state index contributed by atoms with van der Waals surface area (Å²) in [4.78, 5) is 11.6. The van der Waals surface area contributed by atoms with Gasteiger partial charge < -0.3 is 14.5 Å². The number of carbonyl (C=O) groups is 1. The molecule has 1 N–H and O–H groups in total. The summed E-state index contributed by atoms with van der Waals surface area (Å²) in [6.07, 6.45) is 1.43. The van der Waals surface area contributed by atoms with Crippen LogP contribution >= 0.6 is 0 Å². The van der Waals surface area contributed by atoms with Crippen LogP contribution in [0, 0.1) is 5.82 Å². The van der Waals surface area contributed by atoms with E-state index in [1.54, 1.807) is 36.4 Å². The van der Waals surface area contributed by atoms with Crippen LogP contribution in [0.2, 0.25) is 0 Å². The lowest BCUT2D eigenvalue weighted by atomic mass is 10.1. The van der Waals surface area contributed by atoms with Crippen LogP contribution in [-0.2, 0) is 0 Å². The predicted octanol–water partition coefficient (Wildman–Crippen LogP) is 2.68. The fourth-order valence-corrected chi connectivity index (χ4v) is 1.99. The molecule has 2 heterocycles. The van der Waals surface area contributed by atoms with Gasteiger partial charge in [-0.15, -0.1) is 10.2 Å². The number of ether oxygens (including phenoxy) is 1. The fraction of sp³-hybridized carbons (Fsp3) is 0.118. The van der Waals surface area contributed by atoms with Gasteiger partial charge in [-0.3, -0.25) is 4.79 Å². The highest BCUT2D eigenvalue weighted by Gasteiger charge is 2.07. The van der Waals surface area contributed by atoms with Gasteiger partial charge in [0.05, 0.1) is 18.5 Å². The summed E-state index contributed by atoms with van der Waals surface area (Å²) < 4.78 is 23.3. The van der Waals surface area contributed by atoms with Crippen LogP contribution in [0.5, 0.6) is 5.88 Å². The molecule has 7 heteroatoms. The van der Waals surface area contributed by atoms with E-state index in [0.29, 0.717) is 18.1 Å². The molecule has 1 amide bonds. The molecule has 0 unspecified atom stereocenters. The SMILES string of the molecule is O=C(NCCOc1ccc(-c2ccc(F)cc2)nn1)c1ccco1. The number of amides is 1. The lowest BCUT2D eigenvalue weighted by Crippen LogP contribution is -2.27. The third-order valence-electron chi connectivity index (χ3n) is 3.16. The first-order valence-electron chi connectivity index (χ1n) is 7.26. The maximum absolute atomic E-state index is 12.9. The van der Waals surface area contributed by atoms with Gasteiger partial charge in [0.2, 0.25) is 5.88 Å². The van der Waals surface area contributed by atoms with Crippen LogP contribution in [0.3, 0.4) is 0 Å². The Kier molecular flexibility index (Phi) is 4.81. The zero-order chi connectivity index (χ0) is 16.8. The number of nitrogens with zero attached hydrogens (tertiary/aromatic N) is 2. The number of hydrogen-bond donors (Lipinski definition) is 1. The molecule has 0 spiro atoms. The molecule has 0 saturated heterocycles. The number of nitrogens with one attached hydrogen (secondary N) is 1. The molecule has 1 aromatic carbocycles. The summed E-state index contributed by atoms with van der Waals surface area (Å²) in [6.45, 7) is 0.554. The molecule has 122 valence electrons. The number of carbonyl (C=O) groups excluding carboxylic acids is 1. The predicted molar refractivity (Wildman–Crippen MR) is 84.0 cm³/mol. The average molecular weight is 327 g/mol. The van der Waals surface area contributed by atoms with Gasteiger partial charge in [0.25, 0.3) is 5.91 Å². The summed E-state index contributed by atoms with van der Waals surface area (Å²) >= 11 is 0. The zero-order valence-electron chi connectivity index (χ0n) is 12.6. The first-order chi connectivity index (χ1) is 11.7. The number of rotatable bonds is 6. The lowest BCUT2D eigenvalue weighted by Gasteiger charge is -2.06. The highest BCUT2D eigenvalue weighted by Crippen LogP contribution is 2.17. The van der Waals surface area contributed by atoms with E-state index in [2.05, 4.69) is 15.5 Å². The Hall–Kier alpha value is -3.22. The van der Waals surface area contributed by atoms with Crippen molar-refractivity contribution in [3.05, 3.63) is 66.4 Å². The van der Waals surface area contributed by atoms with Crippen molar-refractivity contribution in [3.63, 3.8) is 0 Å². The smallest absolute Gasteiger partial charge is 0.287 e. The summed E-state index contributed by atoms with van der Waals surface area (Å²) in [7, 11) is 0. The summed E-state index contributed by atoms with van der Waals surface area (Å²) in [5, 5.41) is 10.6. The standard InChI is InChI=1S/C17H14FN3O3/c18-13-5-3-12(4-6-13)14-7-8-16(21-20-14)24-11-9-19-17(22)15-2-1-10-23-15/h1-8,10H,9,11H2,(H,19,22). The molecule has 0 bridgehead atoms. The number of aromatic nitrogens is 2. The van der Waals surface area contributed by atoms with E-state index in [4.69, 9.17) is 9.15 Å². The molecule has 0 radical (unpaired) electrons. The van der Waals surface area contributed by atoms with E-state index in [1.807, 2.05) is 0 Å². The molecule has 0 fully saturated rings. The van der Waals surface area contributed by atoms with Gasteiger partial charge >= 0.3 is 0 Å². The van der Waals surface area contributed by atoms with Crippen LogP contribution in [0.25, 0.3) is 11.3 Å². The second-order valence-electron chi connectivity index (χ2n) is 4.85. The van der Waals surface area contributed by atoms with Crippen molar-refractivity contribution >= 4 is 5.91 Å². The van der Waals surface area contributed by atoms with Crippen molar-refractivity contribution in [1.82, 2.24) is 15.5 Å². The molecule has 3 aromatic rings. The van der Waals surface area contributed by atoms with Gasteiger partial charge in [0.1, 0.15) is 12.4 Å². The van der Waals surface area contributed by atoms with Gasteiger partial charge in [0.15, 0.2) is 5.76 Å². The number of benzene rings is 1. The normalized spacial score (nSPS) is 10.4. The van der Waals surface area contributed by atoms with E-state index in [9.17, 15) is 9.18 Å². The molecule has 0 aliphatic carbocycles. The van der Waals surface area contributed by atoms with Crippen LogP contribution < -0.4 is 10.1 Å². The summed E-state index contributed by atoms with van der Waals surface area (Å²) in [6, 6.07) is 12.6. The molecule has 0 atom stereocenters. The van der Waals surface area contributed by atoms with E-state index in [-0.39, 0.29) is 24.1 Å². The van der Waals surface area contributed by atoms with Crippen molar-refractivity contribution in [2.24, 2.45) is 0 Å². The van der Waals surface area contributed by atoms with E-state index < -0.39 is 0 Å². The van der Waals surface area contributed by atoms with Crippen molar-refractivity contribution < 1.29 is 18.3 Å². The van der Waals surface area contributed by atoms with Crippen molar-refractivity contribution in [2.75, 3.05) is 13.2 Å². The van der Waals surface area contributed by atoms with E-state index in [1.165, 1.54) is 18.4 Å². The summed E-state index contributed by atoms with van der Waals surface area (Å²) in [5.74, 6) is -0.0175. The quantitative estimate of drug-likeness (QED) is 0.704. The molecule has 6 nitrogen and oxygen atoms in total. The number of hydrogen-bond acceptors (Lipinski definition) is 5. The fourth-order valence-electron chi connectivity index (χ4n) is 1.99. The van der Waals surface area contributed by atoms with Crippen LogP contribution in [0.15, 0.2) is 59.2 Å². The average Bonchev–Trinajstić information content (AvgIpc) is 3.15. The van der Waals surface area contributed by atoms with Crippen molar-refractivity contribution in [1.29, 1.82) is 0 Å². The van der Waals surface area contributed by atoms with Gasteiger partial charge in [-0.2, -0.15) is 0 Å². The monoisotopic (exact) mass is 327 g/mol. The second-order valence-corrected chi connectivity index (χ2v) is 4.85. The Bertz CT molecular complexity index is 787. The van der Waals surface area contributed by atoms with Gasteiger partial charge in [-0.1, -0.05) is 0 Å². The highest BCUT2D eigenvalue weighted by molar-refractivity contribution is 5.91. The zero-order valence-corrected chi connectivity index (χ0v) is 12.6. The Labute approximate surface area is 137 Å². The van der Waals surface area contributed by atoms with Crippen LogP contribution in [-0.4, -0.2) is 29.3 Å². The first kappa shape index (κ1) is 15.7. The third kappa shape index (κ3) is 3.95. The Morgan fingerprint density at radius 2 is 1.96 bits per heavy atom. The topological polar surface area (TPSA) is 77.2 Å². The molecule has 0 aliphatic heterocycles.